The summed E-state index contributed by atoms with van der Waals surface area (Å²) < 4.78 is 39.2. The molecule has 0 atom stereocenters. The number of halogens is 4. The van der Waals surface area contributed by atoms with Crippen LogP contribution in [0.1, 0.15) is 6.42 Å². The molecule has 0 spiro atoms. The lowest BCUT2D eigenvalue weighted by Gasteiger charge is -2.05. The first-order chi connectivity index (χ1) is 4.56. The molecule has 0 fully saturated rings. The van der Waals surface area contributed by atoms with Gasteiger partial charge >= 0.3 is 6.18 Å². The minimum absolute atomic E-state index is 0.197. The molecular formula is C5H8F3IO. The second-order valence-electron chi connectivity index (χ2n) is 1.71. The molecule has 0 aliphatic rings. The van der Waals surface area contributed by atoms with Crippen molar-refractivity contribution < 1.29 is 17.9 Å². The van der Waals surface area contributed by atoms with Gasteiger partial charge in [0.25, 0.3) is 0 Å². The van der Waals surface area contributed by atoms with Gasteiger partial charge in [0, 0.05) is 11.0 Å². The van der Waals surface area contributed by atoms with Crippen LogP contribution in [0.15, 0.2) is 0 Å². The maximum absolute atomic E-state index is 11.4. The van der Waals surface area contributed by atoms with E-state index in [1.165, 1.54) is 0 Å². The zero-order valence-electron chi connectivity index (χ0n) is 5.25. The van der Waals surface area contributed by atoms with Crippen LogP contribution >= 0.6 is 22.6 Å². The zero-order chi connectivity index (χ0) is 8.04. The summed E-state index contributed by atoms with van der Waals surface area (Å²) in [5.74, 6) is 0. The summed E-state index contributed by atoms with van der Waals surface area (Å²) in [6.07, 6.45) is -3.50. The highest BCUT2D eigenvalue weighted by Gasteiger charge is 2.26. The fourth-order valence-electron chi connectivity index (χ4n) is 0.345. The molecule has 5 heteroatoms. The molecule has 62 valence electrons. The second-order valence-corrected chi connectivity index (χ2v) is 2.79. The smallest absolute Gasteiger partial charge is 0.372 e. The Morgan fingerprint density at radius 3 is 2.30 bits per heavy atom. The summed E-state index contributed by atoms with van der Waals surface area (Å²) in [4.78, 5) is 0. The Morgan fingerprint density at radius 2 is 1.90 bits per heavy atom. The number of hydrogen-bond acceptors (Lipinski definition) is 1. The van der Waals surface area contributed by atoms with Crippen LogP contribution in [-0.2, 0) is 4.74 Å². The van der Waals surface area contributed by atoms with E-state index >= 15 is 0 Å². The van der Waals surface area contributed by atoms with E-state index in [4.69, 9.17) is 0 Å². The Morgan fingerprint density at radius 1 is 1.30 bits per heavy atom. The van der Waals surface area contributed by atoms with Crippen LogP contribution < -0.4 is 0 Å². The molecule has 0 N–H and O–H groups in total. The summed E-state index contributed by atoms with van der Waals surface area (Å²) in [5.41, 5.74) is 0. The van der Waals surface area contributed by atoms with Crippen molar-refractivity contribution in [1.82, 2.24) is 0 Å². The molecule has 10 heavy (non-hydrogen) atoms. The SMILES string of the molecule is FC(F)(F)COCCCI. The fraction of sp³-hybridized carbons (Fsp3) is 1.00. The number of rotatable bonds is 4. The molecule has 0 saturated carbocycles. The van der Waals surface area contributed by atoms with E-state index in [1.54, 1.807) is 0 Å². The molecular weight excluding hydrogens is 260 g/mol. The summed E-state index contributed by atoms with van der Waals surface area (Å²) in [7, 11) is 0. The molecule has 0 radical (unpaired) electrons. The van der Waals surface area contributed by atoms with E-state index in [2.05, 4.69) is 27.3 Å². The Kier molecular flexibility index (Phi) is 5.42. The van der Waals surface area contributed by atoms with Crippen LogP contribution in [0.2, 0.25) is 0 Å². The van der Waals surface area contributed by atoms with Gasteiger partial charge in [-0.25, -0.2) is 0 Å². The van der Waals surface area contributed by atoms with Gasteiger partial charge in [0.05, 0.1) is 0 Å². The van der Waals surface area contributed by atoms with Crippen LogP contribution in [-0.4, -0.2) is 23.8 Å². The molecule has 0 aromatic carbocycles. The van der Waals surface area contributed by atoms with Gasteiger partial charge in [-0.3, -0.25) is 0 Å². The van der Waals surface area contributed by atoms with Crippen molar-refractivity contribution in [3.05, 3.63) is 0 Å². The molecule has 0 unspecified atom stereocenters. The first-order valence-corrected chi connectivity index (χ1v) is 4.29. The predicted octanol–water partition coefficient (Wildman–Crippen LogP) is 2.39. The lowest BCUT2D eigenvalue weighted by Crippen LogP contribution is -2.17. The van der Waals surface area contributed by atoms with E-state index in [-0.39, 0.29) is 6.61 Å². The van der Waals surface area contributed by atoms with Gasteiger partial charge in [0.15, 0.2) is 0 Å². The van der Waals surface area contributed by atoms with Crippen LogP contribution in [0.4, 0.5) is 13.2 Å². The third-order valence-electron chi connectivity index (χ3n) is 0.688. The molecule has 0 bridgehead atoms. The number of ether oxygens (including phenoxy) is 1. The normalized spacial score (nSPS) is 12.0. The van der Waals surface area contributed by atoms with Crippen molar-refractivity contribution in [2.75, 3.05) is 17.6 Å². The topological polar surface area (TPSA) is 9.23 Å². The van der Waals surface area contributed by atoms with E-state index in [0.29, 0.717) is 6.42 Å². The lowest BCUT2D eigenvalue weighted by molar-refractivity contribution is -0.173. The van der Waals surface area contributed by atoms with E-state index in [1.807, 2.05) is 0 Å². The van der Waals surface area contributed by atoms with Crippen molar-refractivity contribution in [3.8, 4) is 0 Å². The third kappa shape index (κ3) is 8.48. The molecule has 1 nitrogen and oxygen atoms in total. The highest BCUT2D eigenvalue weighted by atomic mass is 127. The van der Waals surface area contributed by atoms with Gasteiger partial charge in [-0.05, 0) is 6.42 Å². The zero-order valence-corrected chi connectivity index (χ0v) is 7.41. The number of alkyl halides is 4. The largest absolute Gasteiger partial charge is 0.411 e. The lowest BCUT2D eigenvalue weighted by atomic mass is 10.5. The minimum atomic E-state index is -4.18. The van der Waals surface area contributed by atoms with Gasteiger partial charge in [-0.1, -0.05) is 22.6 Å². The molecule has 0 aromatic rings. The fourth-order valence-corrected chi connectivity index (χ4v) is 0.656. The van der Waals surface area contributed by atoms with E-state index in [0.717, 1.165) is 4.43 Å². The van der Waals surface area contributed by atoms with Gasteiger partial charge in [-0.15, -0.1) is 0 Å². The summed E-state index contributed by atoms with van der Waals surface area (Å²) in [6, 6.07) is 0. The monoisotopic (exact) mass is 268 g/mol. The summed E-state index contributed by atoms with van der Waals surface area (Å²) >= 11 is 2.09. The average molecular weight is 268 g/mol. The maximum atomic E-state index is 11.4. The van der Waals surface area contributed by atoms with Crippen molar-refractivity contribution in [2.24, 2.45) is 0 Å². The van der Waals surface area contributed by atoms with Crippen molar-refractivity contribution in [2.45, 2.75) is 12.6 Å². The standard InChI is InChI=1S/C5H8F3IO/c6-5(7,8)4-10-3-1-2-9/h1-4H2. The quantitative estimate of drug-likeness (QED) is 0.432. The molecule has 0 aromatic heterocycles. The van der Waals surface area contributed by atoms with Crippen molar-refractivity contribution >= 4 is 22.6 Å². The molecule has 0 aliphatic carbocycles. The Bertz CT molecular complexity index is 83.5. The third-order valence-corrected chi connectivity index (χ3v) is 1.45. The second kappa shape index (κ2) is 5.17. The first kappa shape index (κ1) is 10.5. The first-order valence-electron chi connectivity index (χ1n) is 2.77. The Labute approximate surface area is 71.1 Å². The summed E-state index contributed by atoms with van der Waals surface area (Å²) in [5, 5.41) is 0. The van der Waals surface area contributed by atoms with Gasteiger partial charge in [0.2, 0.25) is 0 Å². The van der Waals surface area contributed by atoms with E-state index < -0.39 is 12.8 Å². The van der Waals surface area contributed by atoms with Crippen molar-refractivity contribution in [1.29, 1.82) is 0 Å². The van der Waals surface area contributed by atoms with Gasteiger partial charge in [0.1, 0.15) is 6.61 Å². The van der Waals surface area contributed by atoms with Gasteiger partial charge < -0.3 is 4.74 Å². The molecule has 0 aliphatic heterocycles. The highest BCUT2D eigenvalue weighted by Crippen LogP contribution is 2.14. The molecule has 0 rings (SSSR count). The van der Waals surface area contributed by atoms with Crippen LogP contribution in [0.5, 0.6) is 0 Å². The average Bonchev–Trinajstić information content (AvgIpc) is 1.78. The highest BCUT2D eigenvalue weighted by molar-refractivity contribution is 14.1. The Hall–Kier alpha value is 0.480. The maximum Gasteiger partial charge on any atom is 0.411 e. The van der Waals surface area contributed by atoms with E-state index in [9.17, 15) is 13.2 Å². The van der Waals surface area contributed by atoms with Gasteiger partial charge in [-0.2, -0.15) is 13.2 Å². The van der Waals surface area contributed by atoms with Crippen LogP contribution in [0.25, 0.3) is 0 Å². The molecule has 0 amide bonds. The van der Waals surface area contributed by atoms with Crippen molar-refractivity contribution in [3.63, 3.8) is 0 Å². The van der Waals surface area contributed by atoms with Crippen LogP contribution in [0.3, 0.4) is 0 Å². The van der Waals surface area contributed by atoms with Crippen LogP contribution in [0, 0.1) is 0 Å². The summed E-state index contributed by atoms with van der Waals surface area (Å²) in [6.45, 7) is -0.925. The molecule has 0 heterocycles. The Balaban J connectivity index is 3.04. The number of hydrogen-bond donors (Lipinski definition) is 0. The molecule has 0 saturated heterocycles. The minimum Gasteiger partial charge on any atom is -0.372 e. The predicted molar refractivity (Wildman–Crippen MR) is 40.4 cm³/mol.